The highest BCUT2D eigenvalue weighted by molar-refractivity contribution is 5.93. The molecule has 1 aromatic rings. The smallest absolute Gasteiger partial charge is 0.270 e. The molecule has 0 radical (unpaired) electrons. The van der Waals surface area contributed by atoms with Crippen molar-refractivity contribution in [2.45, 2.75) is 25.7 Å². The molecule has 0 bridgehead atoms. The lowest BCUT2D eigenvalue weighted by molar-refractivity contribution is 0.0779. The van der Waals surface area contributed by atoms with Crippen LogP contribution in [0, 0.1) is 23.2 Å². The topological polar surface area (TPSA) is 59.9 Å². The van der Waals surface area contributed by atoms with E-state index in [0.29, 0.717) is 23.1 Å². The highest BCUT2D eigenvalue weighted by Gasteiger charge is 2.36. The fourth-order valence-corrected chi connectivity index (χ4v) is 3.32. The number of likely N-dealkylation sites (tertiary alicyclic amines) is 1. The van der Waals surface area contributed by atoms with E-state index < -0.39 is 0 Å². The maximum atomic E-state index is 12.3. The first-order chi connectivity index (χ1) is 8.78. The second-order valence-electron chi connectivity index (χ2n) is 5.43. The van der Waals surface area contributed by atoms with Crippen LogP contribution in [-0.4, -0.2) is 28.9 Å². The Hall–Kier alpha value is -1.76. The highest BCUT2D eigenvalue weighted by Crippen LogP contribution is 2.36. The SMILES string of the molecule is N#Cc1c[nH]c(C(=O)N2CC3CCCCC3C2)c1. The van der Waals surface area contributed by atoms with E-state index in [-0.39, 0.29) is 5.91 Å². The quantitative estimate of drug-likeness (QED) is 0.821. The number of aromatic amines is 1. The molecule has 18 heavy (non-hydrogen) atoms. The highest BCUT2D eigenvalue weighted by atomic mass is 16.2. The van der Waals surface area contributed by atoms with Crippen LogP contribution >= 0.6 is 0 Å². The molecular weight excluding hydrogens is 226 g/mol. The summed E-state index contributed by atoms with van der Waals surface area (Å²) in [4.78, 5) is 17.2. The van der Waals surface area contributed by atoms with Gasteiger partial charge in [-0.15, -0.1) is 0 Å². The first-order valence-corrected chi connectivity index (χ1v) is 6.65. The molecular formula is C14H17N3O. The Kier molecular flexibility index (Phi) is 2.83. The van der Waals surface area contributed by atoms with Crippen molar-refractivity contribution in [3.05, 3.63) is 23.5 Å². The molecule has 2 atom stereocenters. The van der Waals surface area contributed by atoms with Crippen molar-refractivity contribution in [2.24, 2.45) is 11.8 Å². The van der Waals surface area contributed by atoms with E-state index in [1.807, 2.05) is 11.0 Å². The maximum absolute atomic E-state index is 12.3. The largest absolute Gasteiger partial charge is 0.356 e. The number of nitriles is 1. The summed E-state index contributed by atoms with van der Waals surface area (Å²) in [7, 11) is 0. The summed E-state index contributed by atoms with van der Waals surface area (Å²) in [6.07, 6.45) is 6.75. The summed E-state index contributed by atoms with van der Waals surface area (Å²) in [6, 6.07) is 3.68. The van der Waals surface area contributed by atoms with Crippen molar-refractivity contribution in [1.29, 1.82) is 5.26 Å². The van der Waals surface area contributed by atoms with Gasteiger partial charge in [0.15, 0.2) is 0 Å². The predicted molar refractivity (Wildman–Crippen MR) is 66.9 cm³/mol. The second kappa shape index (κ2) is 4.49. The van der Waals surface area contributed by atoms with Gasteiger partial charge in [-0.3, -0.25) is 4.79 Å². The number of hydrogen-bond donors (Lipinski definition) is 1. The molecule has 4 nitrogen and oxygen atoms in total. The van der Waals surface area contributed by atoms with Crippen molar-refractivity contribution in [3.63, 3.8) is 0 Å². The van der Waals surface area contributed by atoms with Gasteiger partial charge in [-0.05, 0) is 30.7 Å². The molecule has 94 valence electrons. The zero-order valence-electron chi connectivity index (χ0n) is 10.4. The van der Waals surface area contributed by atoms with Crippen LogP contribution < -0.4 is 0 Å². The van der Waals surface area contributed by atoms with Crippen molar-refractivity contribution < 1.29 is 4.79 Å². The predicted octanol–water partition coefficient (Wildman–Crippen LogP) is 2.15. The minimum atomic E-state index is 0.0471. The molecule has 2 heterocycles. The molecule has 3 rings (SSSR count). The van der Waals surface area contributed by atoms with Crippen LogP contribution in [0.1, 0.15) is 41.7 Å². The minimum absolute atomic E-state index is 0.0471. The van der Waals surface area contributed by atoms with Gasteiger partial charge in [0.2, 0.25) is 0 Å². The molecule has 1 N–H and O–H groups in total. The molecule has 1 aliphatic carbocycles. The number of amides is 1. The Bertz CT molecular complexity index is 485. The molecule has 0 aromatic carbocycles. The molecule has 4 heteroatoms. The van der Waals surface area contributed by atoms with Crippen LogP contribution in [0.4, 0.5) is 0 Å². The molecule has 1 saturated heterocycles. The van der Waals surface area contributed by atoms with Crippen molar-refractivity contribution in [3.8, 4) is 6.07 Å². The number of nitrogens with zero attached hydrogens (tertiary/aromatic N) is 2. The Morgan fingerprint density at radius 3 is 2.56 bits per heavy atom. The van der Waals surface area contributed by atoms with E-state index >= 15 is 0 Å². The van der Waals surface area contributed by atoms with E-state index in [1.54, 1.807) is 12.3 Å². The van der Waals surface area contributed by atoms with Gasteiger partial charge in [0.1, 0.15) is 11.8 Å². The number of fused-ring (bicyclic) bond motifs is 1. The van der Waals surface area contributed by atoms with Gasteiger partial charge in [0, 0.05) is 19.3 Å². The van der Waals surface area contributed by atoms with Crippen LogP contribution in [0.3, 0.4) is 0 Å². The summed E-state index contributed by atoms with van der Waals surface area (Å²) in [6.45, 7) is 1.79. The Morgan fingerprint density at radius 1 is 1.33 bits per heavy atom. The maximum Gasteiger partial charge on any atom is 0.270 e. The van der Waals surface area contributed by atoms with Gasteiger partial charge in [0.25, 0.3) is 5.91 Å². The number of rotatable bonds is 1. The monoisotopic (exact) mass is 243 g/mol. The second-order valence-corrected chi connectivity index (χ2v) is 5.43. The number of H-pyrrole nitrogens is 1. The number of carbonyl (C=O) groups is 1. The van der Waals surface area contributed by atoms with Gasteiger partial charge in [0.05, 0.1) is 5.56 Å². The van der Waals surface area contributed by atoms with Crippen molar-refractivity contribution >= 4 is 5.91 Å². The molecule has 2 unspecified atom stereocenters. The third-order valence-electron chi connectivity index (χ3n) is 4.31. The van der Waals surface area contributed by atoms with E-state index in [4.69, 9.17) is 5.26 Å². The zero-order chi connectivity index (χ0) is 12.5. The van der Waals surface area contributed by atoms with E-state index in [1.165, 1.54) is 25.7 Å². The molecule has 1 aliphatic heterocycles. The average Bonchev–Trinajstić information content (AvgIpc) is 3.04. The third-order valence-corrected chi connectivity index (χ3v) is 4.31. The Balaban J connectivity index is 1.72. The van der Waals surface area contributed by atoms with E-state index in [9.17, 15) is 4.79 Å². The number of nitrogens with one attached hydrogen (secondary N) is 1. The lowest BCUT2D eigenvalue weighted by Gasteiger charge is -2.22. The molecule has 1 aromatic heterocycles. The number of carbonyl (C=O) groups excluding carboxylic acids is 1. The van der Waals surface area contributed by atoms with Gasteiger partial charge in [-0.1, -0.05) is 12.8 Å². The number of aromatic nitrogens is 1. The molecule has 2 fully saturated rings. The summed E-state index contributed by atoms with van der Waals surface area (Å²) in [5.74, 6) is 1.45. The lowest BCUT2D eigenvalue weighted by atomic mass is 9.82. The van der Waals surface area contributed by atoms with Crippen molar-refractivity contribution in [2.75, 3.05) is 13.1 Å². The minimum Gasteiger partial charge on any atom is -0.356 e. The fraction of sp³-hybridized carbons (Fsp3) is 0.571. The fourth-order valence-electron chi connectivity index (χ4n) is 3.32. The van der Waals surface area contributed by atoms with E-state index in [0.717, 1.165) is 13.1 Å². The summed E-state index contributed by atoms with van der Waals surface area (Å²) in [5, 5.41) is 8.77. The molecule has 1 saturated carbocycles. The Morgan fingerprint density at radius 2 is 2.00 bits per heavy atom. The first-order valence-electron chi connectivity index (χ1n) is 6.65. The van der Waals surface area contributed by atoms with Crippen LogP contribution in [0.5, 0.6) is 0 Å². The summed E-state index contributed by atoms with van der Waals surface area (Å²) in [5.41, 5.74) is 1.07. The number of hydrogen-bond acceptors (Lipinski definition) is 2. The average molecular weight is 243 g/mol. The third kappa shape index (κ3) is 1.90. The van der Waals surface area contributed by atoms with Crippen LogP contribution in [0.25, 0.3) is 0 Å². The van der Waals surface area contributed by atoms with Gasteiger partial charge in [-0.2, -0.15) is 5.26 Å². The van der Waals surface area contributed by atoms with Crippen LogP contribution in [0.15, 0.2) is 12.3 Å². The summed E-state index contributed by atoms with van der Waals surface area (Å²) >= 11 is 0. The van der Waals surface area contributed by atoms with Gasteiger partial charge < -0.3 is 9.88 Å². The molecule has 0 spiro atoms. The summed E-state index contributed by atoms with van der Waals surface area (Å²) < 4.78 is 0. The Labute approximate surface area is 107 Å². The normalized spacial score (nSPS) is 26.7. The van der Waals surface area contributed by atoms with Crippen molar-refractivity contribution in [1.82, 2.24) is 9.88 Å². The molecule has 2 aliphatic rings. The van der Waals surface area contributed by atoms with Gasteiger partial charge in [-0.25, -0.2) is 0 Å². The van der Waals surface area contributed by atoms with Gasteiger partial charge >= 0.3 is 0 Å². The molecule has 1 amide bonds. The zero-order valence-corrected chi connectivity index (χ0v) is 10.4. The standard InChI is InChI=1S/C14H17N3O/c15-6-10-5-13(16-7-10)14(18)17-8-11-3-1-2-4-12(11)9-17/h5,7,11-12,16H,1-4,8-9H2. The first kappa shape index (κ1) is 11.3. The van der Waals surface area contributed by atoms with Crippen LogP contribution in [-0.2, 0) is 0 Å². The lowest BCUT2D eigenvalue weighted by Crippen LogP contribution is -2.29. The van der Waals surface area contributed by atoms with E-state index in [2.05, 4.69) is 4.98 Å². The van der Waals surface area contributed by atoms with Crippen LogP contribution in [0.2, 0.25) is 0 Å².